The summed E-state index contributed by atoms with van der Waals surface area (Å²) in [5.41, 5.74) is 0. The summed E-state index contributed by atoms with van der Waals surface area (Å²) in [6.07, 6.45) is 3.13. The minimum atomic E-state index is -0.988. The lowest BCUT2D eigenvalue weighted by atomic mass is 10.4. The Hall–Kier alpha value is -1.14. The van der Waals surface area contributed by atoms with Crippen molar-refractivity contribution in [2.24, 2.45) is 0 Å². The number of carboxylic acids is 1. The summed E-state index contributed by atoms with van der Waals surface area (Å²) < 4.78 is 30.3. The Morgan fingerprint density at radius 3 is 1.79 bits per heavy atom. The zero-order valence-electron chi connectivity index (χ0n) is 17.9. The van der Waals surface area contributed by atoms with Crippen LogP contribution >= 0.6 is 0 Å². The fourth-order valence-electron chi connectivity index (χ4n) is 1.65. The summed E-state index contributed by atoms with van der Waals surface area (Å²) >= 11 is 0. The van der Waals surface area contributed by atoms with Gasteiger partial charge in [-0.3, -0.25) is 0 Å². The molecule has 0 heterocycles. The molecule has 0 bridgehead atoms. The SMILES string of the molecule is CCCCOC.O=CCOCCOCCNCCOCCOCCOCC(=O)O. The third-order valence-corrected chi connectivity index (χ3v) is 3.08. The van der Waals surface area contributed by atoms with E-state index in [1.165, 1.54) is 12.8 Å². The van der Waals surface area contributed by atoms with Gasteiger partial charge < -0.3 is 43.6 Å². The van der Waals surface area contributed by atoms with E-state index < -0.39 is 5.97 Å². The highest BCUT2D eigenvalue weighted by Gasteiger charge is 1.96. The summed E-state index contributed by atoms with van der Waals surface area (Å²) in [6.45, 7) is 7.87. The van der Waals surface area contributed by atoms with Crippen LogP contribution < -0.4 is 5.32 Å². The summed E-state index contributed by atoms with van der Waals surface area (Å²) in [5.74, 6) is -0.988. The first-order chi connectivity index (χ1) is 14.2. The van der Waals surface area contributed by atoms with Crippen LogP contribution in [0.25, 0.3) is 0 Å². The maximum absolute atomic E-state index is 10.2. The number of carbonyl (C=O) groups is 2. The van der Waals surface area contributed by atoms with E-state index in [2.05, 4.69) is 12.2 Å². The van der Waals surface area contributed by atoms with E-state index in [0.29, 0.717) is 65.6 Å². The fraction of sp³-hybridized carbons (Fsp3) is 0.895. The minimum absolute atomic E-state index is 0.109. The number of carboxylic acid groups (broad SMARTS) is 1. The number of ether oxygens (including phenoxy) is 6. The van der Waals surface area contributed by atoms with Crippen molar-refractivity contribution in [2.45, 2.75) is 19.8 Å². The Labute approximate surface area is 174 Å². The van der Waals surface area contributed by atoms with Crippen LogP contribution in [0.5, 0.6) is 0 Å². The van der Waals surface area contributed by atoms with Crippen molar-refractivity contribution in [3.05, 3.63) is 0 Å². The maximum Gasteiger partial charge on any atom is 0.329 e. The monoisotopic (exact) mass is 425 g/mol. The molecule has 0 unspecified atom stereocenters. The third kappa shape index (κ3) is 34.7. The van der Waals surface area contributed by atoms with Gasteiger partial charge >= 0.3 is 5.97 Å². The molecule has 0 aliphatic rings. The van der Waals surface area contributed by atoms with Crippen molar-refractivity contribution >= 4 is 12.3 Å². The molecule has 0 spiro atoms. The lowest BCUT2D eigenvalue weighted by Crippen LogP contribution is -2.25. The lowest BCUT2D eigenvalue weighted by molar-refractivity contribution is -0.142. The Morgan fingerprint density at radius 1 is 0.828 bits per heavy atom. The van der Waals surface area contributed by atoms with Crippen LogP contribution in [-0.2, 0) is 38.0 Å². The highest BCUT2D eigenvalue weighted by molar-refractivity contribution is 5.67. The highest BCUT2D eigenvalue weighted by Crippen LogP contribution is 1.83. The number of carbonyl (C=O) groups excluding carboxylic acids is 1. The second-order valence-electron chi connectivity index (χ2n) is 5.62. The van der Waals surface area contributed by atoms with Gasteiger partial charge in [-0.25, -0.2) is 4.79 Å². The van der Waals surface area contributed by atoms with Crippen LogP contribution in [0, 0.1) is 0 Å². The van der Waals surface area contributed by atoms with Gasteiger partial charge in [-0.2, -0.15) is 0 Å². The predicted molar refractivity (Wildman–Crippen MR) is 107 cm³/mol. The first-order valence-electron chi connectivity index (χ1n) is 9.92. The molecule has 29 heavy (non-hydrogen) atoms. The smallest absolute Gasteiger partial charge is 0.329 e. The predicted octanol–water partition coefficient (Wildman–Crippen LogP) is 0.375. The molecule has 10 nitrogen and oxygen atoms in total. The molecular weight excluding hydrogens is 386 g/mol. The molecule has 2 N–H and O–H groups in total. The van der Waals surface area contributed by atoms with Gasteiger partial charge in [0, 0.05) is 26.8 Å². The van der Waals surface area contributed by atoms with Gasteiger partial charge in [-0.1, -0.05) is 13.3 Å². The first-order valence-corrected chi connectivity index (χ1v) is 9.92. The van der Waals surface area contributed by atoms with E-state index in [1.54, 1.807) is 7.11 Å². The van der Waals surface area contributed by atoms with Gasteiger partial charge in [0.15, 0.2) is 0 Å². The van der Waals surface area contributed by atoms with Crippen molar-refractivity contribution in [2.75, 3.05) is 92.9 Å². The molecule has 0 amide bonds. The summed E-state index contributed by atoms with van der Waals surface area (Å²) in [5, 5.41) is 11.5. The molecule has 0 aliphatic heterocycles. The number of nitrogens with one attached hydrogen (secondary N) is 1. The quantitative estimate of drug-likeness (QED) is 0.186. The molecule has 0 rings (SSSR count). The fourth-order valence-corrected chi connectivity index (χ4v) is 1.65. The normalized spacial score (nSPS) is 10.4. The molecule has 0 aromatic heterocycles. The Balaban J connectivity index is 0. The van der Waals surface area contributed by atoms with Crippen molar-refractivity contribution in [1.82, 2.24) is 5.32 Å². The van der Waals surface area contributed by atoms with Crippen LogP contribution in [0.15, 0.2) is 0 Å². The third-order valence-electron chi connectivity index (χ3n) is 3.08. The number of aldehydes is 1. The first kappa shape index (κ1) is 30.1. The molecule has 0 fully saturated rings. The molecule has 0 saturated carbocycles. The van der Waals surface area contributed by atoms with E-state index in [0.717, 1.165) is 6.61 Å². The molecule has 10 heteroatoms. The van der Waals surface area contributed by atoms with Crippen molar-refractivity contribution in [3.8, 4) is 0 Å². The summed E-state index contributed by atoms with van der Waals surface area (Å²) in [6, 6.07) is 0. The van der Waals surface area contributed by atoms with E-state index in [9.17, 15) is 9.59 Å². The molecule has 0 aromatic rings. The average molecular weight is 426 g/mol. The molecule has 0 aromatic carbocycles. The van der Waals surface area contributed by atoms with Gasteiger partial charge in [-0.05, 0) is 6.42 Å². The maximum atomic E-state index is 10.2. The van der Waals surface area contributed by atoms with Crippen LogP contribution in [-0.4, -0.2) is 110 Å². The van der Waals surface area contributed by atoms with Crippen molar-refractivity contribution in [3.63, 3.8) is 0 Å². The van der Waals surface area contributed by atoms with Crippen LogP contribution in [0.4, 0.5) is 0 Å². The second-order valence-corrected chi connectivity index (χ2v) is 5.62. The van der Waals surface area contributed by atoms with E-state index >= 15 is 0 Å². The second kappa shape index (κ2) is 29.1. The number of rotatable bonds is 22. The van der Waals surface area contributed by atoms with Gasteiger partial charge in [0.25, 0.3) is 0 Å². The highest BCUT2D eigenvalue weighted by atomic mass is 16.5. The molecule has 0 atom stereocenters. The van der Waals surface area contributed by atoms with E-state index in [1.807, 2.05) is 0 Å². The van der Waals surface area contributed by atoms with E-state index in [-0.39, 0.29) is 19.8 Å². The van der Waals surface area contributed by atoms with Gasteiger partial charge in [0.2, 0.25) is 0 Å². The van der Waals surface area contributed by atoms with Crippen molar-refractivity contribution in [1.29, 1.82) is 0 Å². The number of unbranched alkanes of at least 4 members (excludes halogenated alkanes) is 1. The zero-order chi connectivity index (χ0) is 21.8. The largest absolute Gasteiger partial charge is 0.480 e. The molecular formula is C19H39NO9. The standard InChI is InChI=1S/C14H27NO8.C5H12O/c16-3-6-21-9-7-19-4-1-15-2-5-20-8-10-22-11-12-23-13-14(17)18;1-3-4-5-6-2/h3,15H,1-2,4-13H2,(H,17,18);3-5H2,1-2H3. The Kier molecular flexibility index (Phi) is 30.1. The zero-order valence-corrected chi connectivity index (χ0v) is 17.9. The van der Waals surface area contributed by atoms with Crippen LogP contribution in [0.1, 0.15) is 19.8 Å². The molecule has 0 radical (unpaired) electrons. The number of aliphatic carboxylic acids is 1. The molecule has 0 aliphatic carbocycles. The number of hydrogen-bond donors (Lipinski definition) is 2. The van der Waals surface area contributed by atoms with Gasteiger partial charge in [0.1, 0.15) is 19.5 Å². The Bertz CT molecular complexity index is 329. The van der Waals surface area contributed by atoms with Gasteiger partial charge in [0.05, 0.1) is 52.9 Å². The van der Waals surface area contributed by atoms with Gasteiger partial charge in [-0.15, -0.1) is 0 Å². The van der Waals surface area contributed by atoms with Crippen LogP contribution in [0.2, 0.25) is 0 Å². The Morgan fingerprint density at radius 2 is 1.34 bits per heavy atom. The lowest BCUT2D eigenvalue weighted by Gasteiger charge is -2.08. The summed E-state index contributed by atoms with van der Waals surface area (Å²) in [4.78, 5) is 20.1. The van der Waals surface area contributed by atoms with Crippen molar-refractivity contribution < 1.29 is 43.1 Å². The number of hydrogen-bond acceptors (Lipinski definition) is 9. The molecule has 0 saturated heterocycles. The summed E-state index contributed by atoms with van der Waals surface area (Å²) in [7, 11) is 1.73. The number of methoxy groups -OCH3 is 1. The van der Waals surface area contributed by atoms with E-state index in [4.69, 9.17) is 33.5 Å². The molecule has 174 valence electrons. The topological polar surface area (TPSA) is 122 Å². The minimum Gasteiger partial charge on any atom is -0.480 e. The average Bonchev–Trinajstić information content (AvgIpc) is 2.71. The van der Waals surface area contributed by atoms with Crippen LogP contribution in [0.3, 0.4) is 0 Å².